The summed E-state index contributed by atoms with van der Waals surface area (Å²) in [6.07, 6.45) is 0.124. The van der Waals surface area contributed by atoms with E-state index in [9.17, 15) is 14.0 Å². The highest BCUT2D eigenvalue weighted by atomic mass is 19.1. The molecule has 1 amide bonds. The minimum atomic E-state index is -0.403. The van der Waals surface area contributed by atoms with Gasteiger partial charge in [0.15, 0.2) is 11.6 Å². The third kappa shape index (κ3) is 3.55. The molecule has 1 aromatic carbocycles. The van der Waals surface area contributed by atoms with E-state index in [1.165, 1.54) is 0 Å². The third-order valence-corrected chi connectivity index (χ3v) is 3.52. The summed E-state index contributed by atoms with van der Waals surface area (Å²) in [5.41, 5.74) is 1.28. The summed E-state index contributed by atoms with van der Waals surface area (Å²) in [6, 6.07) is 3.37. The molecule has 0 radical (unpaired) electrons. The highest BCUT2D eigenvalue weighted by Crippen LogP contribution is 2.31. The van der Waals surface area contributed by atoms with Crippen LogP contribution in [0.1, 0.15) is 37.8 Å². The standard InChI is InChI=1S/C16H20FNO4/c1-3-21-13-6-5-11-9-18(10-12(11)16(13)17)14(19)7-8-15(20)22-4-2/h5-6H,3-4,7-10H2,1-2H3. The van der Waals surface area contributed by atoms with Gasteiger partial charge >= 0.3 is 5.97 Å². The number of benzene rings is 1. The zero-order chi connectivity index (χ0) is 16.1. The lowest BCUT2D eigenvalue weighted by Gasteiger charge is -2.15. The SMILES string of the molecule is CCOC(=O)CCC(=O)N1Cc2ccc(OCC)c(F)c2C1. The fraction of sp³-hybridized carbons (Fsp3) is 0.500. The second kappa shape index (κ2) is 7.24. The van der Waals surface area contributed by atoms with E-state index in [-0.39, 0.29) is 31.0 Å². The highest BCUT2D eigenvalue weighted by Gasteiger charge is 2.27. The summed E-state index contributed by atoms with van der Waals surface area (Å²) in [5, 5.41) is 0. The first-order valence-corrected chi connectivity index (χ1v) is 7.43. The average Bonchev–Trinajstić information content (AvgIpc) is 2.93. The van der Waals surface area contributed by atoms with Crippen LogP contribution in [-0.4, -0.2) is 30.0 Å². The number of amides is 1. The van der Waals surface area contributed by atoms with Crippen LogP contribution in [0.25, 0.3) is 0 Å². The molecule has 0 saturated carbocycles. The van der Waals surface area contributed by atoms with Gasteiger partial charge in [-0.3, -0.25) is 9.59 Å². The van der Waals surface area contributed by atoms with Crippen LogP contribution in [0.15, 0.2) is 12.1 Å². The molecule has 0 saturated heterocycles. The molecule has 0 atom stereocenters. The molecule has 6 heteroatoms. The largest absolute Gasteiger partial charge is 0.491 e. The van der Waals surface area contributed by atoms with E-state index < -0.39 is 11.8 Å². The Labute approximate surface area is 129 Å². The summed E-state index contributed by atoms with van der Waals surface area (Å²) < 4.78 is 24.3. The smallest absolute Gasteiger partial charge is 0.306 e. The molecule has 0 aliphatic carbocycles. The van der Waals surface area contributed by atoms with Gasteiger partial charge in [0.25, 0.3) is 0 Å². The van der Waals surface area contributed by atoms with Crippen LogP contribution in [0.2, 0.25) is 0 Å². The molecular formula is C16H20FNO4. The lowest BCUT2D eigenvalue weighted by molar-refractivity contribution is -0.145. The zero-order valence-corrected chi connectivity index (χ0v) is 12.9. The number of hydrogen-bond donors (Lipinski definition) is 0. The Morgan fingerprint density at radius 1 is 1.18 bits per heavy atom. The van der Waals surface area contributed by atoms with Crippen LogP contribution >= 0.6 is 0 Å². The molecule has 2 rings (SSSR count). The fourth-order valence-corrected chi connectivity index (χ4v) is 2.45. The molecular weight excluding hydrogens is 289 g/mol. The number of carbonyl (C=O) groups is 2. The van der Waals surface area contributed by atoms with Gasteiger partial charge in [-0.05, 0) is 25.5 Å². The lowest BCUT2D eigenvalue weighted by atomic mass is 10.1. The number of nitrogens with zero attached hydrogens (tertiary/aromatic N) is 1. The Hall–Kier alpha value is -2.11. The van der Waals surface area contributed by atoms with Crippen LogP contribution in [0.4, 0.5) is 4.39 Å². The van der Waals surface area contributed by atoms with Gasteiger partial charge < -0.3 is 14.4 Å². The third-order valence-electron chi connectivity index (χ3n) is 3.52. The van der Waals surface area contributed by atoms with Crippen molar-refractivity contribution in [2.24, 2.45) is 0 Å². The van der Waals surface area contributed by atoms with Crippen molar-refractivity contribution in [3.05, 3.63) is 29.1 Å². The molecule has 22 heavy (non-hydrogen) atoms. The predicted octanol–water partition coefficient (Wildman–Crippen LogP) is 2.41. The van der Waals surface area contributed by atoms with Crippen LogP contribution in [0.3, 0.4) is 0 Å². The molecule has 0 spiro atoms. The number of halogens is 1. The van der Waals surface area contributed by atoms with Crippen molar-refractivity contribution in [2.45, 2.75) is 39.8 Å². The van der Waals surface area contributed by atoms with Gasteiger partial charge in [-0.15, -0.1) is 0 Å². The maximum atomic E-state index is 14.3. The molecule has 120 valence electrons. The van der Waals surface area contributed by atoms with E-state index in [1.54, 1.807) is 30.9 Å². The van der Waals surface area contributed by atoms with Gasteiger partial charge in [0.1, 0.15) is 0 Å². The number of rotatable bonds is 6. The number of esters is 1. The molecule has 1 aromatic rings. The summed E-state index contributed by atoms with van der Waals surface area (Å²) in [6.45, 7) is 4.77. The normalized spacial score (nSPS) is 13.0. The van der Waals surface area contributed by atoms with Crippen LogP contribution < -0.4 is 4.74 Å². The van der Waals surface area contributed by atoms with Gasteiger partial charge in [0.2, 0.25) is 5.91 Å². The van der Waals surface area contributed by atoms with Crippen LogP contribution in [0, 0.1) is 5.82 Å². The minimum absolute atomic E-state index is 0.0478. The first kappa shape index (κ1) is 16.3. The molecule has 1 heterocycles. The van der Waals surface area contributed by atoms with Gasteiger partial charge in [-0.1, -0.05) is 6.07 Å². The average molecular weight is 309 g/mol. The van der Waals surface area contributed by atoms with E-state index in [0.717, 1.165) is 5.56 Å². The Morgan fingerprint density at radius 3 is 2.64 bits per heavy atom. The maximum absolute atomic E-state index is 14.3. The Balaban J connectivity index is 1.98. The van der Waals surface area contributed by atoms with Gasteiger partial charge in [0, 0.05) is 25.1 Å². The van der Waals surface area contributed by atoms with Gasteiger partial charge in [-0.2, -0.15) is 0 Å². The van der Waals surface area contributed by atoms with E-state index in [2.05, 4.69) is 0 Å². The number of ether oxygens (including phenoxy) is 2. The first-order chi connectivity index (χ1) is 10.6. The Morgan fingerprint density at radius 2 is 1.95 bits per heavy atom. The molecule has 5 nitrogen and oxygen atoms in total. The molecule has 0 bridgehead atoms. The second-order valence-corrected chi connectivity index (χ2v) is 5.00. The molecule has 0 unspecified atom stereocenters. The van der Waals surface area contributed by atoms with Crippen LogP contribution in [-0.2, 0) is 27.4 Å². The molecule has 0 N–H and O–H groups in total. The zero-order valence-electron chi connectivity index (χ0n) is 12.9. The Kier molecular flexibility index (Phi) is 5.35. The van der Waals surface area contributed by atoms with Crippen molar-refractivity contribution >= 4 is 11.9 Å². The van der Waals surface area contributed by atoms with Gasteiger partial charge in [-0.25, -0.2) is 4.39 Å². The number of fused-ring (bicyclic) bond motifs is 1. The second-order valence-electron chi connectivity index (χ2n) is 5.00. The predicted molar refractivity (Wildman–Crippen MR) is 77.7 cm³/mol. The van der Waals surface area contributed by atoms with E-state index in [1.807, 2.05) is 0 Å². The minimum Gasteiger partial charge on any atom is -0.491 e. The van der Waals surface area contributed by atoms with Crippen molar-refractivity contribution in [3.8, 4) is 5.75 Å². The topological polar surface area (TPSA) is 55.8 Å². The summed E-state index contributed by atoms with van der Waals surface area (Å²) in [7, 11) is 0. The molecule has 1 aliphatic rings. The molecule has 1 aliphatic heterocycles. The lowest BCUT2D eigenvalue weighted by Crippen LogP contribution is -2.26. The molecule has 0 aromatic heterocycles. The van der Waals surface area contributed by atoms with E-state index in [4.69, 9.17) is 9.47 Å². The van der Waals surface area contributed by atoms with Crippen molar-refractivity contribution in [3.63, 3.8) is 0 Å². The summed E-state index contributed by atoms with van der Waals surface area (Å²) >= 11 is 0. The molecule has 0 fully saturated rings. The van der Waals surface area contributed by atoms with Crippen molar-refractivity contribution < 1.29 is 23.5 Å². The Bertz CT molecular complexity index is 574. The number of carbonyl (C=O) groups excluding carboxylic acids is 2. The fourth-order valence-electron chi connectivity index (χ4n) is 2.45. The maximum Gasteiger partial charge on any atom is 0.306 e. The monoisotopic (exact) mass is 309 g/mol. The van der Waals surface area contributed by atoms with Gasteiger partial charge in [0.05, 0.1) is 19.6 Å². The van der Waals surface area contributed by atoms with E-state index >= 15 is 0 Å². The van der Waals surface area contributed by atoms with Crippen molar-refractivity contribution in [1.82, 2.24) is 4.90 Å². The van der Waals surface area contributed by atoms with Crippen molar-refractivity contribution in [2.75, 3.05) is 13.2 Å². The highest BCUT2D eigenvalue weighted by molar-refractivity contribution is 5.81. The van der Waals surface area contributed by atoms with E-state index in [0.29, 0.717) is 25.3 Å². The quantitative estimate of drug-likeness (QED) is 0.757. The number of hydrogen-bond acceptors (Lipinski definition) is 4. The first-order valence-electron chi connectivity index (χ1n) is 7.43. The van der Waals surface area contributed by atoms with Crippen molar-refractivity contribution in [1.29, 1.82) is 0 Å². The summed E-state index contributed by atoms with van der Waals surface area (Å²) in [5.74, 6) is -0.763. The van der Waals surface area contributed by atoms with Crippen LogP contribution in [0.5, 0.6) is 5.75 Å². The summed E-state index contributed by atoms with van der Waals surface area (Å²) in [4.78, 5) is 24.9.